The molecule has 3 N–H and O–H groups in total. The largest absolute Gasteiger partial charge is 0.507 e. The highest BCUT2D eigenvalue weighted by molar-refractivity contribution is 5.94. The maximum Gasteiger partial charge on any atom is 0.341 e. The Morgan fingerprint density at radius 2 is 2.12 bits per heavy atom. The van der Waals surface area contributed by atoms with Gasteiger partial charge < -0.3 is 15.6 Å². The number of ether oxygens (including phenoxy) is 1. The molecule has 1 rings (SSSR count). The maximum atomic E-state index is 11.2. The highest BCUT2D eigenvalue weighted by atomic mass is 16.5. The number of carbonyl (C=O) groups excluding carboxylic acids is 2. The number of carbonyl (C=O) groups is 2. The predicted molar refractivity (Wildman–Crippen MR) is 57.7 cm³/mol. The number of aromatic hydroxyl groups is 1. The molecule has 0 saturated heterocycles. The van der Waals surface area contributed by atoms with Gasteiger partial charge in [-0.2, -0.15) is 0 Å². The molecule has 0 aliphatic heterocycles. The van der Waals surface area contributed by atoms with Crippen LogP contribution < -0.4 is 5.73 Å². The van der Waals surface area contributed by atoms with Gasteiger partial charge in [0.2, 0.25) is 5.91 Å². The molecular formula is C11H11NO4. The van der Waals surface area contributed by atoms with E-state index in [1.165, 1.54) is 25.3 Å². The molecule has 0 radical (unpaired) electrons. The molecule has 0 aromatic heterocycles. The molecule has 0 aliphatic carbocycles. The van der Waals surface area contributed by atoms with Crippen LogP contribution in [0.2, 0.25) is 0 Å². The van der Waals surface area contributed by atoms with E-state index in [-0.39, 0.29) is 11.3 Å². The second-order valence-electron chi connectivity index (χ2n) is 3.00. The van der Waals surface area contributed by atoms with Crippen LogP contribution in [-0.4, -0.2) is 24.1 Å². The van der Waals surface area contributed by atoms with Gasteiger partial charge in [-0.05, 0) is 23.8 Å². The van der Waals surface area contributed by atoms with Crippen LogP contribution in [0.3, 0.4) is 0 Å². The summed E-state index contributed by atoms with van der Waals surface area (Å²) in [6.45, 7) is 0. The summed E-state index contributed by atoms with van der Waals surface area (Å²) in [5, 5.41) is 9.40. The number of nitrogens with two attached hydrogens (primary N) is 1. The lowest BCUT2D eigenvalue weighted by Crippen LogP contribution is -2.05. The van der Waals surface area contributed by atoms with E-state index in [0.29, 0.717) is 5.56 Å². The van der Waals surface area contributed by atoms with Crippen LogP contribution in [0.5, 0.6) is 5.75 Å². The summed E-state index contributed by atoms with van der Waals surface area (Å²) in [7, 11) is 1.22. The number of benzene rings is 1. The monoisotopic (exact) mass is 221 g/mol. The molecule has 5 nitrogen and oxygen atoms in total. The Balaban J connectivity index is 3.07. The Morgan fingerprint density at radius 1 is 1.44 bits per heavy atom. The first-order valence-corrected chi connectivity index (χ1v) is 4.43. The number of esters is 1. The van der Waals surface area contributed by atoms with E-state index in [2.05, 4.69) is 4.74 Å². The molecule has 0 bridgehead atoms. The molecule has 5 heteroatoms. The summed E-state index contributed by atoms with van der Waals surface area (Å²) in [5.41, 5.74) is 5.53. The third kappa shape index (κ3) is 2.84. The zero-order valence-corrected chi connectivity index (χ0v) is 8.64. The summed E-state index contributed by atoms with van der Waals surface area (Å²) in [5.74, 6) is -1.41. The normalized spacial score (nSPS) is 10.3. The Bertz CT molecular complexity index is 451. The van der Waals surface area contributed by atoms with Gasteiger partial charge in [0.15, 0.2) is 0 Å². The van der Waals surface area contributed by atoms with E-state index in [9.17, 15) is 14.7 Å². The van der Waals surface area contributed by atoms with Crippen molar-refractivity contribution < 1.29 is 19.4 Å². The highest BCUT2D eigenvalue weighted by Crippen LogP contribution is 2.20. The SMILES string of the molecule is COC(=O)c1cc(C=CC(N)=O)ccc1O. The smallest absolute Gasteiger partial charge is 0.341 e. The molecule has 0 unspecified atom stereocenters. The van der Waals surface area contributed by atoms with E-state index >= 15 is 0 Å². The first-order chi connectivity index (χ1) is 7.54. The lowest BCUT2D eigenvalue weighted by atomic mass is 10.1. The number of methoxy groups -OCH3 is 1. The zero-order valence-electron chi connectivity index (χ0n) is 8.64. The van der Waals surface area contributed by atoms with Crippen LogP contribution in [0, 0.1) is 0 Å². The van der Waals surface area contributed by atoms with Gasteiger partial charge in [-0.15, -0.1) is 0 Å². The molecule has 0 aliphatic rings. The molecule has 1 aromatic carbocycles. The maximum absolute atomic E-state index is 11.2. The topological polar surface area (TPSA) is 89.6 Å². The van der Waals surface area contributed by atoms with E-state index in [1.807, 2.05) is 0 Å². The Kier molecular flexibility index (Phi) is 3.66. The van der Waals surface area contributed by atoms with Gasteiger partial charge in [0.05, 0.1) is 7.11 Å². The number of amides is 1. The van der Waals surface area contributed by atoms with Crippen molar-refractivity contribution in [3.05, 3.63) is 35.4 Å². The third-order valence-corrected chi connectivity index (χ3v) is 1.87. The number of phenolic OH excluding ortho intramolecular Hbond substituents is 1. The van der Waals surface area contributed by atoms with Crippen molar-refractivity contribution in [2.24, 2.45) is 5.73 Å². The molecule has 16 heavy (non-hydrogen) atoms. The molecule has 0 atom stereocenters. The van der Waals surface area contributed by atoms with Gasteiger partial charge in [0, 0.05) is 6.08 Å². The summed E-state index contributed by atoms with van der Waals surface area (Å²) in [6, 6.07) is 4.29. The fraction of sp³-hybridized carbons (Fsp3) is 0.0909. The summed E-state index contributed by atoms with van der Waals surface area (Å²) in [4.78, 5) is 21.7. The van der Waals surface area contributed by atoms with E-state index in [1.54, 1.807) is 6.07 Å². The zero-order chi connectivity index (χ0) is 12.1. The minimum absolute atomic E-state index is 0.0362. The van der Waals surface area contributed by atoms with Gasteiger partial charge in [-0.25, -0.2) is 4.79 Å². The Morgan fingerprint density at radius 3 is 2.69 bits per heavy atom. The summed E-state index contributed by atoms with van der Waals surface area (Å²) >= 11 is 0. The lowest BCUT2D eigenvalue weighted by molar-refractivity contribution is -0.113. The number of primary amides is 1. The number of phenols is 1. The minimum atomic E-state index is -0.646. The minimum Gasteiger partial charge on any atom is -0.507 e. The average molecular weight is 221 g/mol. The Hall–Kier alpha value is -2.30. The summed E-state index contributed by atoms with van der Waals surface area (Å²) in [6.07, 6.45) is 2.60. The lowest BCUT2D eigenvalue weighted by Gasteiger charge is -2.03. The first kappa shape index (κ1) is 11.8. The van der Waals surface area contributed by atoms with Crippen molar-refractivity contribution >= 4 is 18.0 Å². The molecule has 0 saturated carbocycles. The van der Waals surface area contributed by atoms with E-state index < -0.39 is 11.9 Å². The van der Waals surface area contributed by atoms with Gasteiger partial charge in [-0.1, -0.05) is 6.07 Å². The van der Waals surface area contributed by atoms with Gasteiger partial charge in [0.1, 0.15) is 11.3 Å². The van der Waals surface area contributed by atoms with Crippen LogP contribution in [0.1, 0.15) is 15.9 Å². The van der Waals surface area contributed by atoms with Crippen molar-refractivity contribution in [2.45, 2.75) is 0 Å². The second kappa shape index (κ2) is 4.97. The van der Waals surface area contributed by atoms with Crippen LogP contribution in [0.25, 0.3) is 6.08 Å². The molecule has 1 amide bonds. The molecule has 0 heterocycles. The van der Waals surface area contributed by atoms with Crippen molar-refractivity contribution in [2.75, 3.05) is 7.11 Å². The predicted octanol–water partition coefficient (Wildman–Crippen LogP) is 0.677. The van der Waals surface area contributed by atoms with Crippen molar-refractivity contribution in [1.82, 2.24) is 0 Å². The van der Waals surface area contributed by atoms with Crippen molar-refractivity contribution in [1.29, 1.82) is 0 Å². The average Bonchev–Trinajstić information content (AvgIpc) is 2.27. The fourth-order valence-electron chi connectivity index (χ4n) is 1.11. The standard InChI is InChI=1S/C11H11NO4/c1-16-11(15)8-6-7(2-4-9(8)13)3-5-10(12)14/h2-6,13H,1H3,(H2,12,14). The van der Waals surface area contributed by atoms with E-state index in [4.69, 9.17) is 5.73 Å². The van der Waals surface area contributed by atoms with Crippen molar-refractivity contribution in [3.8, 4) is 5.75 Å². The van der Waals surface area contributed by atoms with Crippen molar-refractivity contribution in [3.63, 3.8) is 0 Å². The van der Waals surface area contributed by atoms with Crippen LogP contribution in [0.15, 0.2) is 24.3 Å². The van der Waals surface area contributed by atoms with Gasteiger partial charge in [0.25, 0.3) is 0 Å². The quantitative estimate of drug-likeness (QED) is 0.580. The molecule has 84 valence electrons. The summed E-state index contributed by atoms with van der Waals surface area (Å²) < 4.78 is 4.48. The molecular weight excluding hydrogens is 210 g/mol. The molecule has 0 fully saturated rings. The van der Waals surface area contributed by atoms with Gasteiger partial charge >= 0.3 is 5.97 Å². The first-order valence-electron chi connectivity index (χ1n) is 4.43. The van der Waals surface area contributed by atoms with Gasteiger partial charge in [-0.3, -0.25) is 4.79 Å². The van der Waals surface area contributed by atoms with E-state index in [0.717, 1.165) is 6.08 Å². The molecule has 1 aromatic rings. The number of hydrogen-bond acceptors (Lipinski definition) is 4. The number of rotatable bonds is 3. The van der Waals surface area contributed by atoms with Crippen LogP contribution >= 0.6 is 0 Å². The number of hydrogen-bond donors (Lipinski definition) is 2. The highest BCUT2D eigenvalue weighted by Gasteiger charge is 2.11. The molecule has 0 spiro atoms. The second-order valence-corrected chi connectivity index (χ2v) is 3.00. The fourth-order valence-corrected chi connectivity index (χ4v) is 1.11. The van der Waals surface area contributed by atoms with Crippen LogP contribution in [-0.2, 0) is 9.53 Å². The third-order valence-electron chi connectivity index (χ3n) is 1.87. The van der Waals surface area contributed by atoms with Crippen LogP contribution in [0.4, 0.5) is 0 Å². The Labute approximate surface area is 92.1 Å².